The Hall–Kier alpha value is -1.36. The van der Waals surface area contributed by atoms with E-state index in [4.69, 9.17) is 21.4 Å². The topological polar surface area (TPSA) is 46.5 Å². The molecule has 1 unspecified atom stereocenters. The molecule has 0 aliphatic heterocycles. The Kier molecular flexibility index (Phi) is 3.94. The fourth-order valence-corrected chi connectivity index (χ4v) is 2.44. The van der Waals surface area contributed by atoms with Gasteiger partial charge in [-0.25, -0.2) is 13.6 Å². The number of halogens is 3. The molecule has 0 spiro atoms. The van der Waals surface area contributed by atoms with E-state index < -0.39 is 11.9 Å². The third-order valence-corrected chi connectivity index (χ3v) is 3.46. The molecule has 0 aromatic heterocycles. The number of ether oxygens (including phenoxy) is 1. The van der Waals surface area contributed by atoms with Crippen molar-refractivity contribution in [3.8, 4) is 5.75 Å². The van der Waals surface area contributed by atoms with Gasteiger partial charge in [-0.3, -0.25) is 0 Å². The van der Waals surface area contributed by atoms with Gasteiger partial charge in [-0.1, -0.05) is 17.7 Å². The van der Waals surface area contributed by atoms with Crippen molar-refractivity contribution in [3.05, 3.63) is 28.8 Å². The summed E-state index contributed by atoms with van der Waals surface area (Å²) >= 11 is 5.88. The lowest BCUT2D eigenvalue weighted by Gasteiger charge is -2.14. The molecule has 1 aliphatic rings. The van der Waals surface area contributed by atoms with Gasteiger partial charge in [0.1, 0.15) is 5.56 Å². The van der Waals surface area contributed by atoms with Crippen LogP contribution in [0.2, 0.25) is 5.02 Å². The number of benzene rings is 1. The molecular weight excluding hydrogens is 278 g/mol. The number of carboxylic acids is 1. The molecule has 1 N–H and O–H groups in total. The van der Waals surface area contributed by atoms with Crippen LogP contribution in [-0.2, 0) is 0 Å². The summed E-state index contributed by atoms with van der Waals surface area (Å²) in [5.41, 5.74) is -0.0581. The van der Waals surface area contributed by atoms with Crippen molar-refractivity contribution < 1.29 is 23.4 Å². The summed E-state index contributed by atoms with van der Waals surface area (Å²) < 4.78 is 31.4. The van der Waals surface area contributed by atoms with Gasteiger partial charge in [0, 0.05) is 12.8 Å². The summed E-state index contributed by atoms with van der Waals surface area (Å²) in [4.78, 5) is 11.0. The molecule has 1 atom stereocenters. The summed E-state index contributed by atoms with van der Waals surface area (Å²) in [7, 11) is 0. The average Bonchev–Trinajstić information content (AvgIpc) is 2.67. The van der Waals surface area contributed by atoms with Crippen molar-refractivity contribution in [1.29, 1.82) is 0 Å². The minimum absolute atomic E-state index is 0.0480. The average molecular weight is 291 g/mol. The van der Waals surface area contributed by atoms with Gasteiger partial charge in [-0.05, 0) is 24.5 Å². The molecule has 104 valence electrons. The zero-order valence-corrected chi connectivity index (χ0v) is 10.8. The van der Waals surface area contributed by atoms with Crippen LogP contribution in [0.15, 0.2) is 18.2 Å². The fraction of sp³-hybridized carbons (Fsp3) is 0.462. The predicted octanol–water partition coefficient (Wildman–Crippen LogP) is 3.85. The van der Waals surface area contributed by atoms with Crippen LogP contribution in [0.25, 0.3) is 0 Å². The number of hydrogen-bond acceptors (Lipinski definition) is 2. The zero-order chi connectivity index (χ0) is 14.0. The van der Waals surface area contributed by atoms with Crippen molar-refractivity contribution in [3.63, 3.8) is 0 Å². The van der Waals surface area contributed by atoms with Gasteiger partial charge in [-0.15, -0.1) is 0 Å². The molecule has 1 aliphatic carbocycles. The van der Waals surface area contributed by atoms with E-state index in [-0.39, 0.29) is 41.7 Å². The van der Waals surface area contributed by atoms with Crippen LogP contribution < -0.4 is 4.74 Å². The van der Waals surface area contributed by atoms with Gasteiger partial charge in [0.05, 0.1) is 11.6 Å². The van der Waals surface area contributed by atoms with Crippen LogP contribution >= 0.6 is 11.6 Å². The van der Waals surface area contributed by atoms with E-state index in [1.165, 1.54) is 18.2 Å². The lowest BCUT2D eigenvalue weighted by Crippen LogP contribution is -2.15. The molecule has 1 aromatic rings. The number of aromatic carboxylic acids is 1. The molecular formula is C13H13ClF2O3. The fourth-order valence-electron chi connectivity index (χ4n) is 2.21. The number of para-hydroxylation sites is 1. The summed E-state index contributed by atoms with van der Waals surface area (Å²) in [5.74, 6) is -4.02. The Labute approximate surface area is 114 Å². The molecule has 6 heteroatoms. The van der Waals surface area contributed by atoms with Gasteiger partial charge in [-0.2, -0.15) is 0 Å². The first-order valence-electron chi connectivity index (χ1n) is 5.91. The summed E-state index contributed by atoms with van der Waals surface area (Å²) in [5, 5.41) is 9.18. The van der Waals surface area contributed by atoms with Crippen molar-refractivity contribution in [1.82, 2.24) is 0 Å². The van der Waals surface area contributed by atoms with Gasteiger partial charge in [0.15, 0.2) is 5.75 Å². The third kappa shape index (κ3) is 3.35. The van der Waals surface area contributed by atoms with Crippen LogP contribution in [0.5, 0.6) is 5.75 Å². The second-order valence-electron chi connectivity index (χ2n) is 4.70. The van der Waals surface area contributed by atoms with E-state index in [2.05, 4.69) is 0 Å². The van der Waals surface area contributed by atoms with E-state index in [0.29, 0.717) is 6.42 Å². The second-order valence-corrected chi connectivity index (χ2v) is 5.10. The Bertz CT molecular complexity index is 491. The van der Waals surface area contributed by atoms with Crippen LogP contribution in [0.1, 0.15) is 29.6 Å². The largest absolute Gasteiger partial charge is 0.491 e. The summed E-state index contributed by atoms with van der Waals surface area (Å²) in [6.45, 7) is 0.0552. The highest BCUT2D eigenvalue weighted by molar-refractivity contribution is 6.32. The smallest absolute Gasteiger partial charge is 0.339 e. The first-order valence-corrected chi connectivity index (χ1v) is 6.29. The first kappa shape index (κ1) is 14.1. The SMILES string of the molecule is O=C(O)c1cccc(Cl)c1OCC1CCC(F)(F)C1. The van der Waals surface area contributed by atoms with Gasteiger partial charge in [0.25, 0.3) is 0 Å². The number of carboxylic acid groups (broad SMARTS) is 1. The lowest BCUT2D eigenvalue weighted by molar-refractivity contribution is 0.00285. The molecule has 19 heavy (non-hydrogen) atoms. The Morgan fingerprint density at radius 3 is 2.84 bits per heavy atom. The van der Waals surface area contributed by atoms with Crippen LogP contribution in [-0.4, -0.2) is 23.6 Å². The van der Waals surface area contributed by atoms with Crippen molar-refractivity contribution in [2.75, 3.05) is 6.61 Å². The van der Waals surface area contributed by atoms with Crippen molar-refractivity contribution >= 4 is 17.6 Å². The Morgan fingerprint density at radius 2 is 2.26 bits per heavy atom. The number of alkyl halides is 2. The number of hydrogen-bond donors (Lipinski definition) is 1. The molecule has 1 fully saturated rings. The normalized spacial score (nSPS) is 21.3. The van der Waals surface area contributed by atoms with E-state index in [9.17, 15) is 13.6 Å². The van der Waals surface area contributed by atoms with E-state index in [1.54, 1.807) is 0 Å². The quantitative estimate of drug-likeness (QED) is 0.916. The molecule has 0 saturated heterocycles. The highest BCUT2D eigenvalue weighted by Crippen LogP contribution is 2.39. The molecule has 3 nitrogen and oxygen atoms in total. The van der Waals surface area contributed by atoms with Crippen molar-refractivity contribution in [2.24, 2.45) is 5.92 Å². The zero-order valence-electron chi connectivity index (χ0n) is 10.0. The van der Waals surface area contributed by atoms with Crippen LogP contribution in [0.3, 0.4) is 0 Å². The maximum atomic E-state index is 13.0. The maximum absolute atomic E-state index is 13.0. The van der Waals surface area contributed by atoms with Crippen LogP contribution in [0, 0.1) is 5.92 Å². The molecule has 1 saturated carbocycles. The first-order chi connectivity index (χ1) is 8.89. The summed E-state index contributed by atoms with van der Waals surface area (Å²) in [6.07, 6.45) is 0.00898. The highest BCUT2D eigenvalue weighted by atomic mass is 35.5. The second kappa shape index (κ2) is 5.33. The monoisotopic (exact) mass is 290 g/mol. The van der Waals surface area contributed by atoms with E-state index >= 15 is 0 Å². The number of rotatable bonds is 4. The standard InChI is InChI=1S/C13H13ClF2O3/c14-10-3-1-2-9(12(17)18)11(10)19-7-8-4-5-13(15,16)6-8/h1-3,8H,4-7H2,(H,17,18). The van der Waals surface area contributed by atoms with Gasteiger partial charge >= 0.3 is 5.97 Å². The molecule has 0 radical (unpaired) electrons. The molecule has 0 heterocycles. The highest BCUT2D eigenvalue weighted by Gasteiger charge is 2.39. The van der Waals surface area contributed by atoms with Gasteiger partial charge < -0.3 is 9.84 Å². The van der Waals surface area contributed by atoms with Crippen molar-refractivity contribution in [2.45, 2.75) is 25.2 Å². The van der Waals surface area contributed by atoms with E-state index in [1.807, 2.05) is 0 Å². The predicted molar refractivity (Wildman–Crippen MR) is 66.2 cm³/mol. The Morgan fingerprint density at radius 1 is 1.53 bits per heavy atom. The van der Waals surface area contributed by atoms with E-state index in [0.717, 1.165) is 0 Å². The van der Waals surface area contributed by atoms with Crippen LogP contribution in [0.4, 0.5) is 8.78 Å². The minimum atomic E-state index is -2.63. The molecule has 0 amide bonds. The molecule has 2 rings (SSSR count). The summed E-state index contributed by atoms with van der Waals surface area (Å²) in [6, 6.07) is 4.38. The minimum Gasteiger partial charge on any atom is -0.491 e. The molecule has 0 bridgehead atoms. The number of carbonyl (C=O) groups is 1. The van der Waals surface area contributed by atoms with Gasteiger partial charge in [0.2, 0.25) is 5.92 Å². The third-order valence-electron chi connectivity index (χ3n) is 3.17. The Balaban J connectivity index is 2.06. The lowest BCUT2D eigenvalue weighted by atomic mass is 10.1. The maximum Gasteiger partial charge on any atom is 0.339 e. The molecule has 1 aromatic carbocycles.